The minimum absolute atomic E-state index is 0.492. The smallest absolute Gasteiger partial charge is 0.193 e. The van der Waals surface area contributed by atoms with Gasteiger partial charge in [0.2, 0.25) is 0 Å². The third-order valence-electron chi connectivity index (χ3n) is 13.3. The normalized spacial score (nSPS) is 13.7. The summed E-state index contributed by atoms with van der Waals surface area (Å²) in [5.74, 6) is 2.78. The number of allylic oxidation sites excluding steroid dienone is 3. The van der Waals surface area contributed by atoms with Gasteiger partial charge in [-0.2, -0.15) is 0 Å². The maximum Gasteiger partial charge on any atom is 0.193 e. The van der Waals surface area contributed by atoms with Gasteiger partial charge >= 0.3 is 0 Å². The number of rotatable bonds is 8. The van der Waals surface area contributed by atoms with Gasteiger partial charge in [0, 0.05) is 12.2 Å². The molecular weight excluding hydrogens is 779 g/mol. The minimum Gasteiger partial charge on any atom is -0.449 e. The van der Waals surface area contributed by atoms with Gasteiger partial charge in [-0.1, -0.05) is 194 Å². The molecule has 3 heteroatoms. The first-order valence-corrected chi connectivity index (χ1v) is 22.0. The lowest BCUT2D eigenvalue weighted by Gasteiger charge is -2.32. The summed E-state index contributed by atoms with van der Waals surface area (Å²) in [6.45, 7) is 2.78. The molecular formula is C61H43NO2. The van der Waals surface area contributed by atoms with Gasteiger partial charge in [-0.25, -0.2) is 0 Å². The number of ether oxygens (including phenoxy) is 2. The topological polar surface area (TPSA) is 21.7 Å². The van der Waals surface area contributed by atoms with Crippen LogP contribution in [0.3, 0.4) is 0 Å². The molecule has 3 nitrogen and oxygen atoms in total. The van der Waals surface area contributed by atoms with Crippen molar-refractivity contribution in [1.29, 1.82) is 0 Å². The third-order valence-corrected chi connectivity index (χ3v) is 13.3. The van der Waals surface area contributed by atoms with Crippen LogP contribution in [0.4, 0.5) is 11.4 Å². The predicted molar refractivity (Wildman–Crippen MR) is 263 cm³/mol. The summed E-state index contributed by atoms with van der Waals surface area (Å²) in [6.07, 6.45) is 4.54. The Morgan fingerprint density at radius 1 is 0.453 bits per heavy atom. The van der Waals surface area contributed by atoms with E-state index >= 15 is 0 Å². The largest absolute Gasteiger partial charge is 0.449 e. The van der Waals surface area contributed by atoms with Crippen LogP contribution in [0.15, 0.2) is 231 Å². The molecule has 9 aromatic rings. The van der Waals surface area contributed by atoms with Gasteiger partial charge < -0.3 is 14.4 Å². The first-order chi connectivity index (χ1) is 31.7. The Balaban J connectivity index is 0.993. The molecule has 1 heterocycles. The van der Waals surface area contributed by atoms with Gasteiger partial charge in [0.05, 0.1) is 11.1 Å². The maximum absolute atomic E-state index is 7.22. The van der Waals surface area contributed by atoms with Gasteiger partial charge in [0.25, 0.3) is 0 Å². The molecule has 0 fully saturated rings. The fourth-order valence-corrected chi connectivity index (χ4v) is 10.4. The van der Waals surface area contributed by atoms with Crippen molar-refractivity contribution in [3.05, 3.63) is 264 Å². The molecule has 1 aliphatic heterocycles. The Morgan fingerprint density at radius 2 is 1.00 bits per heavy atom. The molecule has 9 aromatic carbocycles. The van der Waals surface area contributed by atoms with Gasteiger partial charge in [0.1, 0.15) is 0 Å². The van der Waals surface area contributed by atoms with Crippen molar-refractivity contribution < 1.29 is 9.47 Å². The zero-order chi connectivity index (χ0) is 42.6. The molecule has 0 saturated heterocycles. The molecule has 1 spiro atoms. The standard InChI is InChI=1S/C61H43NO2/c1-41(42-20-5-2-6-21-42)47(44-24-9-4-10-25-44)31-19-37-62(46-27-17-26-45(38-46)43-22-7-3-8-23-43)56-35-18-36-57-60(56)64-59-40-55-51(39-58(59)63-57)50-30-13-16-34-54(50)61(55)52-32-14-11-28-48(52)49-29-12-15-33-53(49)61/h2-36,38-40H,37H2,1H3/b31-19-,47-41-. The second kappa shape index (κ2) is 15.3. The minimum atomic E-state index is -0.492. The first-order valence-electron chi connectivity index (χ1n) is 22.0. The summed E-state index contributed by atoms with van der Waals surface area (Å²) >= 11 is 0. The molecule has 64 heavy (non-hydrogen) atoms. The summed E-state index contributed by atoms with van der Waals surface area (Å²) in [5.41, 5.74) is 18.5. The van der Waals surface area contributed by atoms with E-state index in [0.29, 0.717) is 29.5 Å². The molecule has 0 atom stereocenters. The average Bonchev–Trinajstić information content (AvgIpc) is 3.82. The Bertz CT molecular complexity index is 3270. The zero-order valence-corrected chi connectivity index (χ0v) is 35.4. The highest BCUT2D eigenvalue weighted by atomic mass is 16.6. The van der Waals surface area contributed by atoms with Crippen molar-refractivity contribution >= 4 is 22.5 Å². The molecule has 2 aliphatic carbocycles. The van der Waals surface area contributed by atoms with Gasteiger partial charge in [0.15, 0.2) is 23.0 Å². The first kappa shape index (κ1) is 37.6. The number of anilines is 2. The van der Waals surface area contributed by atoms with Gasteiger partial charge in [-0.15, -0.1) is 0 Å². The average molecular weight is 822 g/mol. The van der Waals surface area contributed by atoms with Crippen LogP contribution in [0, 0.1) is 0 Å². The second-order valence-corrected chi connectivity index (χ2v) is 16.7. The van der Waals surface area contributed by atoms with Crippen molar-refractivity contribution in [2.45, 2.75) is 12.3 Å². The van der Waals surface area contributed by atoms with E-state index < -0.39 is 5.41 Å². The molecule has 0 amide bonds. The van der Waals surface area contributed by atoms with Crippen molar-refractivity contribution in [2.24, 2.45) is 0 Å². The molecule has 0 N–H and O–H groups in total. The highest BCUT2D eigenvalue weighted by molar-refractivity contribution is 5.97. The van der Waals surface area contributed by atoms with E-state index in [9.17, 15) is 0 Å². The molecule has 12 rings (SSSR count). The van der Waals surface area contributed by atoms with E-state index in [2.05, 4.69) is 236 Å². The zero-order valence-electron chi connectivity index (χ0n) is 35.4. The van der Waals surface area contributed by atoms with Gasteiger partial charge in [-0.3, -0.25) is 0 Å². The summed E-state index contributed by atoms with van der Waals surface area (Å²) in [4.78, 5) is 2.34. The van der Waals surface area contributed by atoms with Crippen LogP contribution in [0.2, 0.25) is 0 Å². The molecule has 0 unspecified atom stereocenters. The molecule has 0 radical (unpaired) electrons. The van der Waals surface area contributed by atoms with E-state index in [-0.39, 0.29) is 0 Å². The fraction of sp³-hybridized carbons (Fsp3) is 0.0492. The number of hydrogen-bond acceptors (Lipinski definition) is 3. The third kappa shape index (κ3) is 5.96. The molecule has 0 saturated carbocycles. The van der Waals surface area contributed by atoms with Crippen LogP contribution in [-0.2, 0) is 5.41 Å². The molecule has 0 aromatic heterocycles. The summed E-state index contributed by atoms with van der Waals surface area (Å²) < 4.78 is 14.2. The Labute approximate surface area is 374 Å². The quantitative estimate of drug-likeness (QED) is 0.113. The van der Waals surface area contributed by atoms with Crippen molar-refractivity contribution in [1.82, 2.24) is 0 Å². The van der Waals surface area contributed by atoms with E-state index in [1.807, 2.05) is 6.07 Å². The highest BCUT2D eigenvalue weighted by Gasteiger charge is 2.52. The lowest BCUT2D eigenvalue weighted by molar-refractivity contribution is 0.360. The summed E-state index contributed by atoms with van der Waals surface area (Å²) in [6, 6.07) is 78.0. The molecule has 3 aliphatic rings. The summed E-state index contributed by atoms with van der Waals surface area (Å²) in [5, 5.41) is 0. The van der Waals surface area contributed by atoms with Gasteiger partial charge in [-0.05, 0) is 121 Å². The van der Waals surface area contributed by atoms with Crippen LogP contribution >= 0.6 is 0 Å². The SMILES string of the molecule is C/C(=C(\C=C/CN(c1cccc(-c2ccccc2)c1)c1cccc2c1Oc1cc3c(cc1O2)-c1ccccc1C31c2ccccc2-c2ccccc21)c1ccccc1)c1ccccc1. The van der Waals surface area contributed by atoms with Crippen molar-refractivity contribution in [3.8, 4) is 56.4 Å². The number of benzene rings is 9. The lowest BCUT2D eigenvalue weighted by atomic mass is 9.70. The lowest BCUT2D eigenvalue weighted by Crippen LogP contribution is -2.26. The number of para-hydroxylation sites is 1. The van der Waals surface area contributed by atoms with Crippen LogP contribution in [0.25, 0.3) is 44.5 Å². The van der Waals surface area contributed by atoms with Crippen LogP contribution < -0.4 is 14.4 Å². The number of fused-ring (bicyclic) bond motifs is 12. The predicted octanol–water partition coefficient (Wildman–Crippen LogP) is 15.9. The maximum atomic E-state index is 7.22. The summed E-state index contributed by atoms with van der Waals surface area (Å²) in [7, 11) is 0. The van der Waals surface area contributed by atoms with Crippen LogP contribution in [0.1, 0.15) is 40.3 Å². The fourth-order valence-electron chi connectivity index (χ4n) is 10.4. The van der Waals surface area contributed by atoms with E-state index in [4.69, 9.17) is 9.47 Å². The highest BCUT2D eigenvalue weighted by Crippen LogP contribution is 2.65. The van der Waals surface area contributed by atoms with Crippen LogP contribution in [0.5, 0.6) is 23.0 Å². The van der Waals surface area contributed by atoms with Crippen LogP contribution in [-0.4, -0.2) is 6.54 Å². The Kier molecular flexibility index (Phi) is 9.01. The Morgan fingerprint density at radius 3 is 1.67 bits per heavy atom. The second-order valence-electron chi connectivity index (χ2n) is 16.7. The van der Waals surface area contributed by atoms with E-state index in [1.165, 1.54) is 66.8 Å². The van der Waals surface area contributed by atoms with Crippen molar-refractivity contribution in [3.63, 3.8) is 0 Å². The monoisotopic (exact) mass is 821 g/mol. The van der Waals surface area contributed by atoms with Crippen molar-refractivity contribution in [2.75, 3.05) is 11.4 Å². The Hall–Kier alpha value is -8.14. The molecule has 0 bridgehead atoms. The number of hydrogen-bond donors (Lipinski definition) is 0. The van der Waals surface area contributed by atoms with E-state index in [0.717, 1.165) is 22.5 Å². The molecule has 304 valence electrons. The van der Waals surface area contributed by atoms with E-state index in [1.54, 1.807) is 0 Å². The number of nitrogens with zero attached hydrogens (tertiary/aromatic N) is 1.